The van der Waals surface area contributed by atoms with Gasteiger partial charge < -0.3 is 10.1 Å². The summed E-state index contributed by atoms with van der Waals surface area (Å²) >= 11 is 0. The second-order valence-electron chi connectivity index (χ2n) is 6.36. The molecule has 0 radical (unpaired) electrons. The highest BCUT2D eigenvalue weighted by Gasteiger charge is 2.15. The van der Waals surface area contributed by atoms with Gasteiger partial charge in [-0.2, -0.15) is 8.78 Å². The van der Waals surface area contributed by atoms with Gasteiger partial charge in [-0.3, -0.25) is 9.36 Å². The standard InChI is InChI=1S/C22H17F2N3O2/c1-14-25-18-13-15(11-12-19(18)27(14)16-7-3-2-4-8-16)21(28)26-17-9-5-6-10-20(17)29-22(23)24/h2-13,22H,1H3,(H,26,28). The van der Waals surface area contributed by atoms with E-state index in [0.29, 0.717) is 11.1 Å². The number of nitrogens with one attached hydrogen (secondary N) is 1. The van der Waals surface area contributed by atoms with Crippen LogP contribution < -0.4 is 10.1 Å². The molecule has 0 bridgehead atoms. The summed E-state index contributed by atoms with van der Waals surface area (Å²) < 4.78 is 31.6. The fraction of sp³-hybridized carbons (Fsp3) is 0.0909. The summed E-state index contributed by atoms with van der Waals surface area (Å²) in [5.41, 5.74) is 3.04. The fourth-order valence-corrected chi connectivity index (χ4v) is 3.21. The lowest BCUT2D eigenvalue weighted by molar-refractivity contribution is -0.0493. The predicted octanol–water partition coefficient (Wildman–Crippen LogP) is 5.19. The third-order valence-corrected chi connectivity index (χ3v) is 4.45. The number of aryl methyl sites for hydroxylation is 1. The SMILES string of the molecule is Cc1nc2cc(C(=O)Nc3ccccc3OC(F)F)ccc2n1-c1ccccc1. The number of benzene rings is 3. The van der Waals surface area contributed by atoms with Gasteiger partial charge in [-0.1, -0.05) is 30.3 Å². The van der Waals surface area contributed by atoms with Crippen LogP contribution in [0, 0.1) is 6.92 Å². The van der Waals surface area contributed by atoms with Crippen molar-refractivity contribution >= 4 is 22.6 Å². The van der Waals surface area contributed by atoms with E-state index in [4.69, 9.17) is 0 Å². The van der Waals surface area contributed by atoms with Gasteiger partial charge in [-0.25, -0.2) is 4.98 Å². The number of carbonyl (C=O) groups excluding carboxylic acids is 1. The number of fused-ring (bicyclic) bond motifs is 1. The van der Waals surface area contributed by atoms with Crippen molar-refractivity contribution < 1.29 is 18.3 Å². The van der Waals surface area contributed by atoms with Gasteiger partial charge in [0.1, 0.15) is 11.6 Å². The summed E-state index contributed by atoms with van der Waals surface area (Å²) in [4.78, 5) is 17.2. The van der Waals surface area contributed by atoms with E-state index in [2.05, 4.69) is 15.0 Å². The molecule has 0 fully saturated rings. The van der Waals surface area contributed by atoms with E-state index in [9.17, 15) is 13.6 Å². The number of anilines is 1. The summed E-state index contributed by atoms with van der Waals surface area (Å²) in [6, 6.07) is 21.0. The van der Waals surface area contributed by atoms with Crippen LogP contribution in [0.15, 0.2) is 72.8 Å². The maximum absolute atomic E-state index is 12.7. The van der Waals surface area contributed by atoms with Crippen LogP contribution in [0.4, 0.5) is 14.5 Å². The van der Waals surface area contributed by atoms with Crippen molar-refractivity contribution in [1.29, 1.82) is 0 Å². The molecule has 29 heavy (non-hydrogen) atoms. The van der Waals surface area contributed by atoms with E-state index >= 15 is 0 Å². The Labute approximate surface area is 165 Å². The lowest BCUT2D eigenvalue weighted by Crippen LogP contribution is -2.13. The molecule has 1 aromatic heterocycles. The lowest BCUT2D eigenvalue weighted by atomic mass is 10.1. The van der Waals surface area contributed by atoms with Crippen LogP contribution >= 0.6 is 0 Å². The number of hydrogen-bond donors (Lipinski definition) is 1. The fourth-order valence-electron chi connectivity index (χ4n) is 3.21. The third kappa shape index (κ3) is 3.80. The highest BCUT2D eigenvalue weighted by atomic mass is 19.3. The molecule has 4 aromatic rings. The minimum absolute atomic E-state index is 0.0962. The molecule has 0 aliphatic carbocycles. The Bertz CT molecular complexity index is 1170. The van der Waals surface area contributed by atoms with Gasteiger partial charge in [0.15, 0.2) is 0 Å². The molecule has 0 atom stereocenters. The molecule has 1 heterocycles. The molecule has 0 saturated carbocycles. The molecule has 1 amide bonds. The number of rotatable bonds is 5. The van der Waals surface area contributed by atoms with Crippen LogP contribution in [0.3, 0.4) is 0 Å². The zero-order valence-electron chi connectivity index (χ0n) is 15.5. The molecule has 0 aliphatic rings. The maximum Gasteiger partial charge on any atom is 0.387 e. The summed E-state index contributed by atoms with van der Waals surface area (Å²) in [6.45, 7) is -1.08. The number of imidazole rings is 1. The molecule has 0 unspecified atom stereocenters. The first kappa shape index (κ1) is 18.6. The molecule has 5 nitrogen and oxygen atoms in total. The Morgan fingerprint density at radius 2 is 1.76 bits per heavy atom. The Kier molecular flexibility index (Phi) is 4.95. The molecular weight excluding hydrogens is 376 g/mol. The average Bonchev–Trinajstić information content (AvgIpc) is 3.04. The molecule has 0 aliphatic heterocycles. The molecule has 1 N–H and O–H groups in total. The zero-order valence-corrected chi connectivity index (χ0v) is 15.5. The number of carbonyl (C=O) groups is 1. The van der Waals surface area contributed by atoms with Crippen molar-refractivity contribution in [2.75, 3.05) is 5.32 Å². The number of ether oxygens (including phenoxy) is 1. The second kappa shape index (κ2) is 7.71. The molecule has 146 valence electrons. The zero-order chi connectivity index (χ0) is 20.4. The highest BCUT2D eigenvalue weighted by Crippen LogP contribution is 2.27. The van der Waals surface area contributed by atoms with Gasteiger partial charge >= 0.3 is 6.61 Å². The smallest absolute Gasteiger partial charge is 0.387 e. The van der Waals surface area contributed by atoms with Gasteiger partial charge in [0.05, 0.1) is 16.7 Å². The number of hydrogen-bond acceptors (Lipinski definition) is 3. The summed E-state index contributed by atoms with van der Waals surface area (Å²) in [5.74, 6) is 0.254. The quantitative estimate of drug-likeness (QED) is 0.508. The molecule has 3 aromatic carbocycles. The van der Waals surface area contributed by atoms with E-state index in [0.717, 1.165) is 17.0 Å². The van der Waals surface area contributed by atoms with Gasteiger partial charge in [0, 0.05) is 11.3 Å². The second-order valence-corrected chi connectivity index (χ2v) is 6.36. The predicted molar refractivity (Wildman–Crippen MR) is 107 cm³/mol. The highest BCUT2D eigenvalue weighted by molar-refractivity contribution is 6.06. The number of halogens is 2. The summed E-state index contributed by atoms with van der Waals surface area (Å²) in [5, 5.41) is 2.62. The van der Waals surface area contributed by atoms with E-state index in [1.54, 1.807) is 24.3 Å². The average molecular weight is 393 g/mol. The van der Waals surface area contributed by atoms with E-state index in [1.807, 2.05) is 47.9 Å². The molecule has 7 heteroatoms. The Hall–Kier alpha value is -3.74. The third-order valence-electron chi connectivity index (χ3n) is 4.45. The molecule has 4 rings (SSSR count). The Morgan fingerprint density at radius 3 is 2.52 bits per heavy atom. The van der Waals surface area contributed by atoms with Gasteiger partial charge in [0.25, 0.3) is 5.91 Å². The monoisotopic (exact) mass is 393 g/mol. The van der Waals surface area contributed by atoms with Crippen molar-refractivity contribution in [3.63, 3.8) is 0 Å². The Morgan fingerprint density at radius 1 is 1.03 bits per heavy atom. The first-order chi connectivity index (χ1) is 14.0. The molecule has 0 saturated heterocycles. The normalized spacial score (nSPS) is 11.0. The minimum Gasteiger partial charge on any atom is -0.433 e. The number of para-hydroxylation sites is 3. The lowest BCUT2D eigenvalue weighted by Gasteiger charge is -2.11. The van der Waals surface area contributed by atoms with E-state index in [-0.39, 0.29) is 11.4 Å². The van der Waals surface area contributed by atoms with Crippen molar-refractivity contribution in [2.45, 2.75) is 13.5 Å². The van der Waals surface area contributed by atoms with E-state index in [1.165, 1.54) is 12.1 Å². The van der Waals surface area contributed by atoms with Crippen LogP contribution in [-0.2, 0) is 0 Å². The van der Waals surface area contributed by atoms with Crippen molar-refractivity contribution in [3.8, 4) is 11.4 Å². The summed E-state index contributed by atoms with van der Waals surface area (Å²) in [6.07, 6.45) is 0. The van der Waals surface area contributed by atoms with Gasteiger partial charge in [0.2, 0.25) is 0 Å². The number of nitrogens with zero attached hydrogens (tertiary/aromatic N) is 2. The minimum atomic E-state index is -2.98. The van der Waals surface area contributed by atoms with Gasteiger partial charge in [-0.15, -0.1) is 0 Å². The largest absolute Gasteiger partial charge is 0.433 e. The number of aromatic nitrogens is 2. The van der Waals surface area contributed by atoms with Crippen LogP contribution in [0.2, 0.25) is 0 Å². The molecule has 0 spiro atoms. The summed E-state index contributed by atoms with van der Waals surface area (Å²) in [7, 11) is 0. The van der Waals surface area contributed by atoms with E-state index < -0.39 is 12.5 Å². The number of amides is 1. The van der Waals surface area contributed by atoms with Crippen LogP contribution in [0.5, 0.6) is 5.75 Å². The molecular formula is C22H17F2N3O2. The maximum atomic E-state index is 12.7. The van der Waals surface area contributed by atoms with Crippen molar-refractivity contribution in [3.05, 3.63) is 84.2 Å². The Balaban J connectivity index is 1.65. The van der Waals surface area contributed by atoms with Crippen LogP contribution in [0.1, 0.15) is 16.2 Å². The van der Waals surface area contributed by atoms with Crippen molar-refractivity contribution in [2.24, 2.45) is 0 Å². The number of alkyl halides is 2. The first-order valence-electron chi connectivity index (χ1n) is 8.92. The van der Waals surface area contributed by atoms with Crippen LogP contribution in [-0.4, -0.2) is 22.1 Å². The van der Waals surface area contributed by atoms with Gasteiger partial charge in [-0.05, 0) is 49.4 Å². The van der Waals surface area contributed by atoms with Crippen LogP contribution in [0.25, 0.3) is 16.7 Å². The van der Waals surface area contributed by atoms with Crippen molar-refractivity contribution in [1.82, 2.24) is 9.55 Å². The topological polar surface area (TPSA) is 56.1 Å². The first-order valence-corrected chi connectivity index (χ1v) is 8.92.